The normalized spacial score (nSPS) is 10.2. The number of ether oxygens (including phenoxy) is 1. The van der Waals surface area contributed by atoms with Crippen LogP contribution >= 0.6 is 0 Å². The summed E-state index contributed by atoms with van der Waals surface area (Å²) in [7, 11) is 1.50. The van der Waals surface area contributed by atoms with Crippen molar-refractivity contribution in [3.8, 4) is 5.75 Å². The highest BCUT2D eigenvalue weighted by molar-refractivity contribution is 5.74. The summed E-state index contributed by atoms with van der Waals surface area (Å²) in [4.78, 5) is 20.3. The van der Waals surface area contributed by atoms with Crippen molar-refractivity contribution in [3.05, 3.63) is 12.5 Å². The van der Waals surface area contributed by atoms with Gasteiger partial charge < -0.3 is 14.7 Å². The lowest BCUT2D eigenvalue weighted by Crippen LogP contribution is -2.36. The van der Waals surface area contributed by atoms with E-state index in [-0.39, 0.29) is 12.6 Å². The zero-order chi connectivity index (χ0) is 12.1. The van der Waals surface area contributed by atoms with Crippen molar-refractivity contribution in [2.45, 2.75) is 19.9 Å². The van der Waals surface area contributed by atoms with E-state index in [0.29, 0.717) is 11.6 Å². The molecule has 6 heteroatoms. The molecule has 16 heavy (non-hydrogen) atoms. The maximum absolute atomic E-state index is 10.8. The minimum atomic E-state index is -0.908. The highest BCUT2D eigenvalue weighted by Gasteiger charge is 2.19. The number of carboxylic acids is 1. The van der Waals surface area contributed by atoms with Crippen LogP contribution in [-0.4, -0.2) is 40.7 Å². The zero-order valence-electron chi connectivity index (χ0n) is 9.54. The fraction of sp³-hybridized carbons (Fsp3) is 0.500. The van der Waals surface area contributed by atoms with E-state index in [1.165, 1.54) is 19.6 Å². The Morgan fingerprint density at radius 1 is 1.62 bits per heavy atom. The number of hydrogen-bond acceptors (Lipinski definition) is 5. The van der Waals surface area contributed by atoms with Gasteiger partial charge in [-0.05, 0) is 13.8 Å². The molecule has 0 amide bonds. The molecule has 0 radical (unpaired) electrons. The molecule has 0 bridgehead atoms. The Balaban J connectivity index is 3.05. The minimum Gasteiger partial charge on any atom is -0.491 e. The topological polar surface area (TPSA) is 75.6 Å². The van der Waals surface area contributed by atoms with Crippen molar-refractivity contribution in [1.82, 2.24) is 9.97 Å². The zero-order valence-corrected chi connectivity index (χ0v) is 9.54. The third-order valence-electron chi connectivity index (χ3n) is 2.08. The molecule has 0 saturated heterocycles. The Bertz CT molecular complexity index is 368. The van der Waals surface area contributed by atoms with Crippen molar-refractivity contribution in [2.75, 3.05) is 18.6 Å². The van der Waals surface area contributed by atoms with E-state index >= 15 is 0 Å². The van der Waals surface area contributed by atoms with Crippen LogP contribution in [0.3, 0.4) is 0 Å². The number of carboxylic acid groups (broad SMARTS) is 1. The lowest BCUT2D eigenvalue weighted by atomic mass is 10.3. The Labute approximate surface area is 93.9 Å². The third kappa shape index (κ3) is 2.82. The van der Waals surface area contributed by atoms with E-state index in [4.69, 9.17) is 9.84 Å². The van der Waals surface area contributed by atoms with Gasteiger partial charge in [0.15, 0.2) is 11.6 Å². The van der Waals surface area contributed by atoms with E-state index in [1.807, 2.05) is 13.8 Å². The van der Waals surface area contributed by atoms with Gasteiger partial charge in [0.05, 0.1) is 13.3 Å². The molecule has 0 fully saturated rings. The lowest BCUT2D eigenvalue weighted by molar-refractivity contribution is -0.135. The predicted octanol–water partition coefficient (Wildman–Crippen LogP) is 0.785. The summed E-state index contributed by atoms with van der Waals surface area (Å²) < 4.78 is 5.10. The molecule has 1 N–H and O–H groups in total. The van der Waals surface area contributed by atoms with Crippen molar-refractivity contribution in [2.24, 2.45) is 0 Å². The third-order valence-corrected chi connectivity index (χ3v) is 2.08. The molecule has 0 aliphatic heterocycles. The summed E-state index contributed by atoms with van der Waals surface area (Å²) in [6.07, 6.45) is 2.88. The molecule has 1 aromatic heterocycles. The molecule has 0 aliphatic rings. The second kappa shape index (κ2) is 5.29. The van der Waals surface area contributed by atoms with Gasteiger partial charge in [0.2, 0.25) is 0 Å². The van der Waals surface area contributed by atoms with E-state index < -0.39 is 5.97 Å². The van der Waals surface area contributed by atoms with Gasteiger partial charge in [-0.25, -0.2) is 9.97 Å². The first-order chi connectivity index (χ1) is 7.56. The number of nitrogens with zero attached hydrogens (tertiary/aromatic N) is 3. The standard InChI is InChI=1S/C10H15N3O3/c1-7(2)13(5-9(14)15)10-8(16-3)4-11-6-12-10/h4,6-7H,5H2,1-3H3,(H,14,15). The van der Waals surface area contributed by atoms with E-state index in [1.54, 1.807) is 4.90 Å². The number of carbonyl (C=O) groups is 1. The molecule has 0 spiro atoms. The summed E-state index contributed by atoms with van der Waals surface area (Å²) in [5, 5.41) is 8.83. The Hall–Kier alpha value is -1.85. The summed E-state index contributed by atoms with van der Waals surface area (Å²) >= 11 is 0. The Morgan fingerprint density at radius 3 is 2.81 bits per heavy atom. The Morgan fingerprint density at radius 2 is 2.31 bits per heavy atom. The number of methoxy groups -OCH3 is 1. The van der Waals surface area contributed by atoms with Crippen molar-refractivity contribution >= 4 is 11.8 Å². The van der Waals surface area contributed by atoms with Gasteiger partial charge in [0.25, 0.3) is 0 Å². The molecule has 1 heterocycles. The number of rotatable bonds is 5. The monoisotopic (exact) mass is 225 g/mol. The van der Waals surface area contributed by atoms with Gasteiger partial charge >= 0.3 is 5.97 Å². The van der Waals surface area contributed by atoms with Gasteiger partial charge in [0.1, 0.15) is 12.9 Å². The van der Waals surface area contributed by atoms with E-state index in [0.717, 1.165) is 0 Å². The van der Waals surface area contributed by atoms with Crippen molar-refractivity contribution < 1.29 is 14.6 Å². The highest BCUT2D eigenvalue weighted by Crippen LogP contribution is 2.25. The van der Waals surface area contributed by atoms with Crippen LogP contribution < -0.4 is 9.64 Å². The maximum Gasteiger partial charge on any atom is 0.323 e. The van der Waals surface area contributed by atoms with Crippen molar-refractivity contribution in [1.29, 1.82) is 0 Å². The van der Waals surface area contributed by atoms with Gasteiger partial charge in [-0.2, -0.15) is 0 Å². The van der Waals surface area contributed by atoms with Gasteiger partial charge in [-0.3, -0.25) is 4.79 Å². The summed E-state index contributed by atoms with van der Waals surface area (Å²) in [5.41, 5.74) is 0. The number of anilines is 1. The second-order valence-electron chi connectivity index (χ2n) is 3.53. The van der Waals surface area contributed by atoms with E-state index in [2.05, 4.69) is 9.97 Å². The maximum atomic E-state index is 10.8. The molecular formula is C10H15N3O3. The summed E-state index contributed by atoms with van der Waals surface area (Å²) in [6, 6.07) is 0.0138. The molecule has 0 aromatic carbocycles. The van der Waals surface area contributed by atoms with Crippen LogP contribution in [0.15, 0.2) is 12.5 Å². The molecule has 88 valence electrons. The minimum absolute atomic E-state index is 0.0138. The molecule has 6 nitrogen and oxygen atoms in total. The van der Waals surface area contributed by atoms with Gasteiger partial charge in [-0.1, -0.05) is 0 Å². The number of hydrogen-bond donors (Lipinski definition) is 1. The van der Waals surface area contributed by atoms with Crippen LogP contribution in [0.2, 0.25) is 0 Å². The highest BCUT2D eigenvalue weighted by atomic mass is 16.5. The second-order valence-corrected chi connectivity index (χ2v) is 3.53. The average Bonchev–Trinajstić information content (AvgIpc) is 2.25. The van der Waals surface area contributed by atoms with Crippen LogP contribution in [0.4, 0.5) is 5.82 Å². The smallest absolute Gasteiger partial charge is 0.323 e. The predicted molar refractivity (Wildman–Crippen MR) is 58.7 cm³/mol. The largest absolute Gasteiger partial charge is 0.491 e. The van der Waals surface area contributed by atoms with E-state index in [9.17, 15) is 4.79 Å². The first-order valence-electron chi connectivity index (χ1n) is 4.88. The fourth-order valence-electron chi connectivity index (χ4n) is 1.32. The fourth-order valence-corrected chi connectivity index (χ4v) is 1.32. The quantitative estimate of drug-likeness (QED) is 0.798. The first kappa shape index (κ1) is 12.2. The average molecular weight is 225 g/mol. The van der Waals surface area contributed by atoms with Crippen LogP contribution in [0, 0.1) is 0 Å². The Kier molecular flexibility index (Phi) is 4.04. The molecule has 0 atom stereocenters. The van der Waals surface area contributed by atoms with Gasteiger partial charge in [0, 0.05) is 6.04 Å². The lowest BCUT2D eigenvalue weighted by Gasteiger charge is -2.26. The molecule has 1 aromatic rings. The number of aromatic nitrogens is 2. The molecule has 0 unspecified atom stereocenters. The van der Waals surface area contributed by atoms with Gasteiger partial charge in [-0.15, -0.1) is 0 Å². The SMILES string of the molecule is COc1cncnc1N(CC(=O)O)C(C)C. The van der Waals surface area contributed by atoms with Crippen LogP contribution in [0.25, 0.3) is 0 Å². The summed E-state index contributed by atoms with van der Waals surface area (Å²) in [5.74, 6) is 0.0571. The molecule has 0 aliphatic carbocycles. The number of aliphatic carboxylic acids is 1. The molecular weight excluding hydrogens is 210 g/mol. The van der Waals surface area contributed by atoms with Crippen LogP contribution in [0.5, 0.6) is 5.75 Å². The van der Waals surface area contributed by atoms with Crippen LogP contribution in [0.1, 0.15) is 13.8 Å². The van der Waals surface area contributed by atoms with Crippen LogP contribution in [-0.2, 0) is 4.79 Å². The van der Waals surface area contributed by atoms with Crippen molar-refractivity contribution in [3.63, 3.8) is 0 Å². The first-order valence-corrected chi connectivity index (χ1v) is 4.88. The molecule has 0 saturated carbocycles. The molecule has 1 rings (SSSR count). The summed E-state index contributed by atoms with van der Waals surface area (Å²) in [6.45, 7) is 3.67.